The summed E-state index contributed by atoms with van der Waals surface area (Å²) in [4.78, 5) is 17.2. The monoisotopic (exact) mass is 762 g/mol. The maximum Gasteiger partial charge on any atom is 0.167 e. The Balaban J connectivity index is 1.05. The van der Waals surface area contributed by atoms with Crippen LogP contribution in [0.15, 0.2) is 196 Å². The minimum absolute atomic E-state index is 0.557. The van der Waals surface area contributed by atoms with E-state index in [0.717, 1.165) is 98.5 Å². The number of hydrogen-bond donors (Lipinski definition) is 0. The molecule has 0 unspecified atom stereocenters. The number of rotatable bonds is 5. The van der Waals surface area contributed by atoms with Gasteiger partial charge in [0.1, 0.15) is 22.7 Å². The first-order valence-corrected chi connectivity index (χ1v) is 20.0. The Bertz CT molecular complexity index is 3340. The van der Waals surface area contributed by atoms with Crippen LogP contribution >= 0.6 is 11.8 Å². The van der Waals surface area contributed by atoms with Crippen LogP contribution in [-0.4, -0.2) is 19.5 Å². The fourth-order valence-corrected chi connectivity index (χ4v) is 9.19. The molecule has 0 spiro atoms. The third-order valence-corrected chi connectivity index (χ3v) is 12.0. The van der Waals surface area contributed by atoms with Crippen LogP contribution in [0, 0.1) is 0 Å². The standard InChI is InChI=1S/C51H30N4O2S/c1-4-14-31(15-5-1)49-52-50(32-16-6-2-7-17-32)54-51(53-49)38-23-13-22-37-36-21-12-20-35(47(36)57-48(37)38)33-26-27-41-39(28-33)40-29-46-44(56-43-24-10-11-25-45(43)58-46)30-42(40)55(41)34-18-8-3-9-19-34/h1-30H. The van der Waals surface area contributed by atoms with Gasteiger partial charge in [0.25, 0.3) is 0 Å². The molecule has 0 saturated heterocycles. The Morgan fingerprint density at radius 1 is 0.397 bits per heavy atom. The van der Waals surface area contributed by atoms with Crippen molar-refractivity contribution in [2.45, 2.75) is 9.79 Å². The molecule has 12 rings (SSSR count). The Morgan fingerprint density at radius 3 is 1.72 bits per heavy atom. The first kappa shape index (κ1) is 32.7. The van der Waals surface area contributed by atoms with Gasteiger partial charge < -0.3 is 13.7 Å². The minimum Gasteiger partial charge on any atom is -0.455 e. The summed E-state index contributed by atoms with van der Waals surface area (Å²) in [6.07, 6.45) is 0. The van der Waals surface area contributed by atoms with E-state index in [2.05, 4.69) is 108 Å². The second kappa shape index (κ2) is 13.0. The molecule has 58 heavy (non-hydrogen) atoms. The lowest BCUT2D eigenvalue weighted by molar-refractivity contribution is 0.455. The van der Waals surface area contributed by atoms with E-state index < -0.39 is 0 Å². The molecule has 4 heterocycles. The predicted octanol–water partition coefficient (Wildman–Crippen LogP) is 13.8. The number of hydrogen-bond acceptors (Lipinski definition) is 6. The van der Waals surface area contributed by atoms with Crippen LogP contribution in [0.3, 0.4) is 0 Å². The largest absolute Gasteiger partial charge is 0.455 e. The van der Waals surface area contributed by atoms with Crippen molar-refractivity contribution in [3.05, 3.63) is 182 Å². The minimum atomic E-state index is 0.557. The summed E-state index contributed by atoms with van der Waals surface area (Å²) in [5, 5.41) is 4.35. The average Bonchev–Trinajstić information content (AvgIpc) is 3.83. The topological polar surface area (TPSA) is 66.0 Å². The molecule has 0 bridgehead atoms. The van der Waals surface area contributed by atoms with E-state index in [1.807, 2.05) is 78.9 Å². The van der Waals surface area contributed by atoms with Gasteiger partial charge in [0.15, 0.2) is 17.5 Å². The third-order valence-electron chi connectivity index (χ3n) is 10.9. The SMILES string of the molecule is c1ccc(-c2nc(-c3ccccc3)nc(-c3cccc4c3oc3c(-c5ccc6c(c5)c5cc7c(cc5n6-c5ccccc5)Oc5ccccc5S7)cccc34)n2)cc1. The van der Waals surface area contributed by atoms with E-state index in [0.29, 0.717) is 17.5 Å². The molecule has 3 aromatic heterocycles. The van der Waals surface area contributed by atoms with Crippen molar-refractivity contribution in [3.8, 4) is 62.5 Å². The number of furan rings is 1. The Morgan fingerprint density at radius 2 is 1.00 bits per heavy atom. The van der Waals surface area contributed by atoms with E-state index in [9.17, 15) is 0 Å². The molecule has 0 fully saturated rings. The molecule has 6 nitrogen and oxygen atoms in total. The van der Waals surface area contributed by atoms with Crippen molar-refractivity contribution in [1.29, 1.82) is 0 Å². The third kappa shape index (κ3) is 5.25. The van der Waals surface area contributed by atoms with Crippen molar-refractivity contribution >= 4 is 55.5 Å². The molecule has 7 heteroatoms. The molecule has 11 aromatic rings. The zero-order chi connectivity index (χ0) is 38.2. The second-order valence-electron chi connectivity index (χ2n) is 14.4. The quantitative estimate of drug-likeness (QED) is 0.174. The van der Waals surface area contributed by atoms with Gasteiger partial charge in [-0.3, -0.25) is 0 Å². The summed E-state index contributed by atoms with van der Waals surface area (Å²) in [6, 6.07) is 62.7. The summed E-state index contributed by atoms with van der Waals surface area (Å²) in [5.74, 6) is 3.52. The highest BCUT2D eigenvalue weighted by Crippen LogP contribution is 2.50. The number of nitrogens with zero attached hydrogens (tertiary/aromatic N) is 4. The number of aromatic nitrogens is 4. The van der Waals surface area contributed by atoms with Gasteiger partial charge in [-0.25, -0.2) is 15.0 Å². The molecule has 272 valence electrons. The summed E-state index contributed by atoms with van der Waals surface area (Å²) in [7, 11) is 0. The molecule has 0 aliphatic carbocycles. The number of benzene rings is 8. The fraction of sp³-hybridized carbons (Fsp3) is 0. The number of ether oxygens (including phenoxy) is 1. The molecular weight excluding hydrogens is 733 g/mol. The molecule has 0 N–H and O–H groups in total. The van der Waals surface area contributed by atoms with E-state index in [1.54, 1.807) is 11.8 Å². The van der Waals surface area contributed by atoms with Crippen molar-refractivity contribution in [1.82, 2.24) is 19.5 Å². The van der Waals surface area contributed by atoms with Gasteiger partial charge in [-0.1, -0.05) is 139 Å². The van der Waals surface area contributed by atoms with Crippen molar-refractivity contribution < 1.29 is 9.15 Å². The van der Waals surface area contributed by atoms with Gasteiger partial charge >= 0.3 is 0 Å². The second-order valence-corrected chi connectivity index (χ2v) is 15.5. The highest BCUT2D eigenvalue weighted by molar-refractivity contribution is 7.99. The van der Waals surface area contributed by atoms with Crippen molar-refractivity contribution in [2.75, 3.05) is 0 Å². The first-order chi connectivity index (χ1) is 28.7. The van der Waals surface area contributed by atoms with Gasteiger partial charge in [-0.15, -0.1) is 0 Å². The van der Waals surface area contributed by atoms with Crippen LogP contribution in [0.1, 0.15) is 0 Å². The van der Waals surface area contributed by atoms with E-state index in [1.165, 1.54) is 0 Å². The maximum atomic E-state index is 6.97. The molecular formula is C51H30N4O2S. The lowest BCUT2D eigenvalue weighted by atomic mass is 10.00. The van der Waals surface area contributed by atoms with E-state index >= 15 is 0 Å². The van der Waals surface area contributed by atoms with Crippen molar-refractivity contribution in [3.63, 3.8) is 0 Å². The molecule has 0 saturated carbocycles. The molecule has 0 atom stereocenters. The summed E-state index contributed by atoms with van der Waals surface area (Å²) in [6.45, 7) is 0. The normalized spacial score (nSPS) is 12.2. The van der Waals surface area contributed by atoms with Crippen LogP contribution in [-0.2, 0) is 0 Å². The molecule has 0 amide bonds. The van der Waals surface area contributed by atoms with Gasteiger partial charge in [-0.2, -0.15) is 0 Å². The van der Waals surface area contributed by atoms with Gasteiger partial charge in [-0.05, 0) is 54.1 Å². The summed E-state index contributed by atoms with van der Waals surface area (Å²) >= 11 is 1.75. The zero-order valence-corrected chi connectivity index (χ0v) is 31.7. The fourth-order valence-electron chi connectivity index (χ4n) is 8.22. The van der Waals surface area contributed by atoms with Gasteiger partial charge in [0, 0.05) is 50.0 Å². The van der Waals surface area contributed by atoms with Crippen LogP contribution in [0.4, 0.5) is 0 Å². The predicted molar refractivity (Wildman–Crippen MR) is 234 cm³/mol. The summed E-state index contributed by atoms with van der Waals surface area (Å²) in [5.41, 5.74) is 9.57. The molecule has 1 aliphatic heterocycles. The van der Waals surface area contributed by atoms with Crippen LogP contribution in [0.2, 0.25) is 0 Å². The highest BCUT2D eigenvalue weighted by atomic mass is 32.2. The number of fused-ring (bicyclic) bond motifs is 8. The molecule has 1 aliphatic rings. The Hall–Kier alpha value is -7.48. The van der Waals surface area contributed by atoms with E-state index in [4.69, 9.17) is 24.1 Å². The molecule has 0 radical (unpaired) electrons. The lowest BCUT2D eigenvalue weighted by Crippen LogP contribution is -2.00. The van der Waals surface area contributed by atoms with Gasteiger partial charge in [0.05, 0.1) is 26.4 Å². The first-order valence-electron chi connectivity index (χ1n) is 19.2. The smallest absolute Gasteiger partial charge is 0.167 e. The maximum absolute atomic E-state index is 6.97. The lowest BCUT2D eigenvalue weighted by Gasteiger charge is -2.20. The summed E-state index contributed by atoms with van der Waals surface area (Å²) < 4.78 is 15.8. The van der Waals surface area contributed by atoms with Crippen LogP contribution in [0.5, 0.6) is 11.5 Å². The zero-order valence-electron chi connectivity index (χ0n) is 30.8. The van der Waals surface area contributed by atoms with Crippen molar-refractivity contribution in [2.24, 2.45) is 0 Å². The average molecular weight is 763 g/mol. The van der Waals surface area contributed by atoms with Crippen LogP contribution in [0.25, 0.3) is 94.7 Å². The van der Waals surface area contributed by atoms with E-state index in [-0.39, 0.29) is 0 Å². The van der Waals surface area contributed by atoms with Gasteiger partial charge in [0.2, 0.25) is 0 Å². The van der Waals surface area contributed by atoms with Crippen LogP contribution < -0.4 is 4.74 Å². The number of para-hydroxylation sites is 4. The molecule has 8 aromatic carbocycles. The Kier molecular flexibility index (Phi) is 7.36. The highest BCUT2D eigenvalue weighted by Gasteiger charge is 2.24. The Labute approximate surface area is 337 Å².